The SMILES string of the molecule is COc1ccc(C)cc1COC(=O)c1cnn(C)c1C. The third kappa shape index (κ3) is 2.82. The highest BCUT2D eigenvalue weighted by atomic mass is 16.5. The Morgan fingerprint density at radius 2 is 2.10 bits per heavy atom. The van der Waals surface area contributed by atoms with E-state index in [1.54, 1.807) is 18.8 Å². The fraction of sp³-hybridized carbons (Fsp3) is 0.333. The Labute approximate surface area is 118 Å². The highest BCUT2D eigenvalue weighted by Gasteiger charge is 2.15. The lowest BCUT2D eigenvalue weighted by Crippen LogP contribution is -2.07. The van der Waals surface area contributed by atoms with E-state index in [9.17, 15) is 4.79 Å². The highest BCUT2D eigenvalue weighted by molar-refractivity contribution is 5.90. The number of methoxy groups -OCH3 is 1. The van der Waals surface area contributed by atoms with Gasteiger partial charge in [-0.25, -0.2) is 4.79 Å². The van der Waals surface area contributed by atoms with Gasteiger partial charge < -0.3 is 9.47 Å². The molecule has 0 fully saturated rings. The number of esters is 1. The Balaban J connectivity index is 2.11. The summed E-state index contributed by atoms with van der Waals surface area (Å²) >= 11 is 0. The summed E-state index contributed by atoms with van der Waals surface area (Å²) in [4.78, 5) is 12.0. The minimum absolute atomic E-state index is 0.179. The molecule has 1 aromatic carbocycles. The van der Waals surface area contributed by atoms with Crippen LogP contribution in [0.25, 0.3) is 0 Å². The van der Waals surface area contributed by atoms with Crippen molar-refractivity contribution in [2.45, 2.75) is 20.5 Å². The number of rotatable bonds is 4. The zero-order valence-electron chi connectivity index (χ0n) is 12.1. The molecule has 0 atom stereocenters. The molecule has 2 rings (SSSR count). The number of hydrogen-bond donors (Lipinski definition) is 0. The number of aromatic nitrogens is 2. The normalized spacial score (nSPS) is 10.4. The van der Waals surface area contributed by atoms with Gasteiger partial charge in [0, 0.05) is 18.3 Å². The number of aryl methyl sites for hydroxylation is 2. The molecule has 0 aliphatic heterocycles. The second-order valence-electron chi connectivity index (χ2n) is 4.66. The van der Waals surface area contributed by atoms with Crippen LogP contribution in [0.5, 0.6) is 5.75 Å². The van der Waals surface area contributed by atoms with Gasteiger partial charge in [-0.3, -0.25) is 4.68 Å². The summed E-state index contributed by atoms with van der Waals surface area (Å²) in [7, 11) is 3.39. The Morgan fingerprint density at radius 1 is 1.35 bits per heavy atom. The van der Waals surface area contributed by atoms with E-state index in [1.165, 1.54) is 6.20 Å². The van der Waals surface area contributed by atoms with Gasteiger partial charge in [-0.15, -0.1) is 0 Å². The Morgan fingerprint density at radius 3 is 2.70 bits per heavy atom. The van der Waals surface area contributed by atoms with Gasteiger partial charge >= 0.3 is 5.97 Å². The lowest BCUT2D eigenvalue weighted by atomic mass is 10.1. The molecule has 106 valence electrons. The van der Waals surface area contributed by atoms with E-state index in [-0.39, 0.29) is 12.6 Å². The van der Waals surface area contributed by atoms with Crippen LogP contribution < -0.4 is 4.74 Å². The van der Waals surface area contributed by atoms with E-state index in [0.717, 1.165) is 16.8 Å². The fourth-order valence-electron chi connectivity index (χ4n) is 1.94. The minimum atomic E-state index is -0.376. The Kier molecular flexibility index (Phi) is 4.08. The van der Waals surface area contributed by atoms with Gasteiger partial charge in [0.1, 0.15) is 17.9 Å². The van der Waals surface area contributed by atoms with Gasteiger partial charge in [0.2, 0.25) is 0 Å². The van der Waals surface area contributed by atoms with E-state index in [2.05, 4.69) is 5.10 Å². The second-order valence-corrected chi connectivity index (χ2v) is 4.66. The molecule has 0 saturated carbocycles. The third-order valence-corrected chi connectivity index (χ3v) is 3.25. The van der Waals surface area contributed by atoms with Gasteiger partial charge in [0.25, 0.3) is 0 Å². The zero-order valence-corrected chi connectivity index (χ0v) is 12.1. The van der Waals surface area contributed by atoms with E-state index < -0.39 is 0 Å². The van der Waals surface area contributed by atoms with E-state index >= 15 is 0 Å². The van der Waals surface area contributed by atoms with Crippen LogP contribution >= 0.6 is 0 Å². The van der Waals surface area contributed by atoms with E-state index in [4.69, 9.17) is 9.47 Å². The molecule has 0 aliphatic carbocycles. The molecule has 1 heterocycles. The van der Waals surface area contributed by atoms with Crippen LogP contribution in [-0.4, -0.2) is 22.9 Å². The summed E-state index contributed by atoms with van der Waals surface area (Å²) in [6.45, 7) is 3.99. The van der Waals surface area contributed by atoms with Crippen LogP contribution in [0.2, 0.25) is 0 Å². The number of nitrogens with zero attached hydrogens (tertiary/aromatic N) is 2. The van der Waals surface area contributed by atoms with Crippen molar-refractivity contribution in [2.75, 3.05) is 7.11 Å². The van der Waals surface area contributed by atoms with Crippen molar-refractivity contribution < 1.29 is 14.3 Å². The van der Waals surface area contributed by atoms with E-state index in [1.807, 2.05) is 32.0 Å². The van der Waals surface area contributed by atoms with Crippen molar-refractivity contribution in [2.24, 2.45) is 7.05 Å². The summed E-state index contributed by atoms with van der Waals surface area (Å²) in [5.74, 6) is 0.338. The molecule has 0 saturated heterocycles. The van der Waals surface area contributed by atoms with Crippen molar-refractivity contribution in [3.63, 3.8) is 0 Å². The minimum Gasteiger partial charge on any atom is -0.496 e. The Bertz CT molecular complexity index is 632. The largest absolute Gasteiger partial charge is 0.496 e. The lowest BCUT2D eigenvalue weighted by Gasteiger charge is -2.10. The summed E-state index contributed by atoms with van der Waals surface area (Å²) in [6.07, 6.45) is 1.52. The smallest absolute Gasteiger partial charge is 0.341 e. The molecule has 5 nitrogen and oxygen atoms in total. The second kappa shape index (κ2) is 5.77. The van der Waals surface area contributed by atoms with Gasteiger partial charge in [0.15, 0.2) is 0 Å². The molecule has 5 heteroatoms. The van der Waals surface area contributed by atoms with Crippen LogP contribution in [0.4, 0.5) is 0 Å². The molecule has 0 spiro atoms. The first-order valence-electron chi connectivity index (χ1n) is 6.32. The number of carbonyl (C=O) groups is 1. The number of benzene rings is 1. The fourth-order valence-corrected chi connectivity index (χ4v) is 1.94. The topological polar surface area (TPSA) is 53.4 Å². The Hall–Kier alpha value is -2.30. The van der Waals surface area contributed by atoms with E-state index in [0.29, 0.717) is 11.3 Å². The van der Waals surface area contributed by atoms with Crippen LogP contribution in [0, 0.1) is 13.8 Å². The molecule has 20 heavy (non-hydrogen) atoms. The predicted molar refractivity (Wildman–Crippen MR) is 74.8 cm³/mol. The molecular weight excluding hydrogens is 256 g/mol. The molecule has 2 aromatic rings. The number of ether oxygens (including phenoxy) is 2. The van der Waals surface area contributed by atoms with Crippen LogP contribution in [0.1, 0.15) is 27.2 Å². The van der Waals surface area contributed by atoms with Crippen molar-refractivity contribution in [1.82, 2.24) is 9.78 Å². The average Bonchev–Trinajstić information content (AvgIpc) is 2.76. The molecule has 0 radical (unpaired) electrons. The monoisotopic (exact) mass is 274 g/mol. The number of hydrogen-bond acceptors (Lipinski definition) is 4. The summed E-state index contributed by atoms with van der Waals surface area (Å²) in [6, 6.07) is 5.77. The zero-order chi connectivity index (χ0) is 14.7. The molecule has 0 unspecified atom stereocenters. The van der Waals surface area contributed by atoms with Gasteiger partial charge in [-0.1, -0.05) is 11.6 Å². The lowest BCUT2D eigenvalue weighted by molar-refractivity contribution is 0.0469. The highest BCUT2D eigenvalue weighted by Crippen LogP contribution is 2.21. The molecule has 0 amide bonds. The third-order valence-electron chi connectivity index (χ3n) is 3.25. The van der Waals surface area contributed by atoms with Gasteiger partial charge in [-0.2, -0.15) is 5.10 Å². The first-order chi connectivity index (χ1) is 9.52. The summed E-state index contributed by atoms with van der Waals surface area (Å²) < 4.78 is 12.2. The van der Waals surface area contributed by atoms with Crippen molar-refractivity contribution in [3.05, 3.63) is 46.8 Å². The molecule has 0 aliphatic rings. The van der Waals surface area contributed by atoms with Crippen LogP contribution in [0.3, 0.4) is 0 Å². The van der Waals surface area contributed by atoms with Gasteiger partial charge in [0.05, 0.1) is 13.3 Å². The van der Waals surface area contributed by atoms with Gasteiger partial charge in [-0.05, 0) is 26.0 Å². The van der Waals surface area contributed by atoms with Crippen molar-refractivity contribution in [3.8, 4) is 5.75 Å². The van der Waals surface area contributed by atoms with Crippen molar-refractivity contribution >= 4 is 5.97 Å². The maximum Gasteiger partial charge on any atom is 0.341 e. The molecule has 1 aromatic heterocycles. The first kappa shape index (κ1) is 14.1. The average molecular weight is 274 g/mol. The van der Waals surface area contributed by atoms with Crippen LogP contribution in [-0.2, 0) is 18.4 Å². The van der Waals surface area contributed by atoms with Crippen molar-refractivity contribution in [1.29, 1.82) is 0 Å². The predicted octanol–water partition coefficient (Wildman–Crippen LogP) is 2.40. The molecule has 0 N–H and O–H groups in total. The summed E-state index contributed by atoms with van der Waals surface area (Å²) in [5, 5.41) is 4.03. The first-order valence-corrected chi connectivity index (χ1v) is 6.32. The maximum atomic E-state index is 12.0. The van der Waals surface area contributed by atoms with Crippen LogP contribution in [0.15, 0.2) is 24.4 Å². The maximum absolute atomic E-state index is 12.0. The number of carbonyl (C=O) groups excluding carboxylic acids is 1. The standard InChI is InChI=1S/C15H18N2O3/c1-10-5-6-14(19-4)12(7-10)9-20-15(18)13-8-16-17(3)11(13)2/h5-8H,9H2,1-4H3. The quantitative estimate of drug-likeness (QED) is 0.803. The molecule has 0 bridgehead atoms. The molecular formula is C15H18N2O3. The summed E-state index contributed by atoms with van der Waals surface area (Å²) in [5.41, 5.74) is 3.21.